The van der Waals surface area contributed by atoms with E-state index in [0.29, 0.717) is 6.42 Å². The van der Waals surface area contributed by atoms with Crippen molar-refractivity contribution < 1.29 is 18.3 Å². The Bertz CT molecular complexity index is 569. The SMILES string of the molecule is CCCC(NS(=O)(=O)c1cccc(N(C)C)c1)C(=O)O. The minimum atomic E-state index is -3.84. The van der Waals surface area contributed by atoms with E-state index in [1.165, 1.54) is 12.1 Å². The predicted octanol–water partition coefficient (Wildman–Crippen LogP) is 1.28. The summed E-state index contributed by atoms with van der Waals surface area (Å²) in [5.41, 5.74) is 0.732. The molecule has 0 heterocycles. The van der Waals surface area contributed by atoms with E-state index in [-0.39, 0.29) is 11.3 Å². The van der Waals surface area contributed by atoms with Crippen molar-refractivity contribution in [2.45, 2.75) is 30.7 Å². The monoisotopic (exact) mass is 300 g/mol. The Balaban J connectivity index is 3.04. The van der Waals surface area contributed by atoms with E-state index in [1.807, 2.05) is 0 Å². The lowest BCUT2D eigenvalue weighted by Crippen LogP contribution is -2.40. The van der Waals surface area contributed by atoms with Gasteiger partial charge in [0.2, 0.25) is 10.0 Å². The van der Waals surface area contributed by atoms with Crippen molar-refractivity contribution >= 4 is 21.7 Å². The van der Waals surface area contributed by atoms with E-state index in [4.69, 9.17) is 5.11 Å². The molecule has 0 bridgehead atoms. The lowest BCUT2D eigenvalue weighted by molar-refractivity contribution is -0.139. The summed E-state index contributed by atoms with van der Waals surface area (Å²) in [5.74, 6) is -1.17. The van der Waals surface area contributed by atoms with Crippen molar-refractivity contribution in [2.24, 2.45) is 0 Å². The van der Waals surface area contributed by atoms with Gasteiger partial charge in [0.25, 0.3) is 0 Å². The summed E-state index contributed by atoms with van der Waals surface area (Å²) in [6.45, 7) is 1.80. The fraction of sp³-hybridized carbons (Fsp3) is 0.462. The lowest BCUT2D eigenvalue weighted by Gasteiger charge is -2.16. The lowest BCUT2D eigenvalue weighted by atomic mass is 10.2. The molecule has 1 atom stereocenters. The second-order valence-corrected chi connectivity index (χ2v) is 6.41. The number of nitrogens with zero attached hydrogens (tertiary/aromatic N) is 1. The summed E-state index contributed by atoms with van der Waals surface area (Å²) < 4.78 is 26.6. The van der Waals surface area contributed by atoms with Gasteiger partial charge in [0, 0.05) is 19.8 Å². The van der Waals surface area contributed by atoms with E-state index < -0.39 is 22.0 Å². The van der Waals surface area contributed by atoms with Gasteiger partial charge in [-0.2, -0.15) is 4.72 Å². The number of carbonyl (C=O) groups is 1. The molecule has 0 radical (unpaired) electrons. The minimum absolute atomic E-state index is 0.0612. The number of carboxylic acid groups (broad SMARTS) is 1. The quantitative estimate of drug-likeness (QED) is 0.792. The fourth-order valence-corrected chi connectivity index (χ4v) is 2.97. The van der Waals surface area contributed by atoms with Crippen molar-refractivity contribution in [3.05, 3.63) is 24.3 Å². The molecule has 6 nitrogen and oxygen atoms in total. The van der Waals surface area contributed by atoms with Crippen molar-refractivity contribution in [2.75, 3.05) is 19.0 Å². The van der Waals surface area contributed by atoms with Crippen LogP contribution in [0.5, 0.6) is 0 Å². The van der Waals surface area contributed by atoms with Crippen LogP contribution in [0.25, 0.3) is 0 Å². The molecular formula is C13H20N2O4S. The number of hydrogen-bond donors (Lipinski definition) is 2. The molecule has 0 aromatic heterocycles. The Hall–Kier alpha value is -1.60. The van der Waals surface area contributed by atoms with Crippen molar-refractivity contribution in [3.8, 4) is 0 Å². The third kappa shape index (κ3) is 4.21. The highest BCUT2D eigenvalue weighted by atomic mass is 32.2. The van der Waals surface area contributed by atoms with Gasteiger partial charge in [0.05, 0.1) is 4.90 Å². The molecule has 0 aliphatic carbocycles. The molecule has 0 fully saturated rings. The van der Waals surface area contributed by atoms with Gasteiger partial charge in [-0.3, -0.25) is 4.79 Å². The zero-order chi connectivity index (χ0) is 15.3. The molecule has 2 N–H and O–H groups in total. The normalized spacial score (nSPS) is 12.9. The van der Waals surface area contributed by atoms with Crippen LogP contribution >= 0.6 is 0 Å². The summed E-state index contributed by atoms with van der Waals surface area (Å²) >= 11 is 0. The molecular weight excluding hydrogens is 280 g/mol. The van der Waals surface area contributed by atoms with E-state index >= 15 is 0 Å². The van der Waals surface area contributed by atoms with Gasteiger partial charge in [-0.15, -0.1) is 0 Å². The predicted molar refractivity (Wildman–Crippen MR) is 77.4 cm³/mol. The highest BCUT2D eigenvalue weighted by Crippen LogP contribution is 2.18. The molecule has 0 aliphatic heterocycles. The highest BCUT2D eigenvalue weighted by Gasteiger charge is 2.24. The first-order valence-corrected chi connectivity index (χ1v) is 7.78. The topological polar surface area (TPSA) is 86.7 Å². The number of benzene rings is 1. The summed E-state index contributed by atoms with van der Waals surface area (Å²) in [5, 5.41) is 9.02. The first kappa shape index (κ1) is 16.5. The van der Waals surface area contributed by atoms with Crippen LogP contribution < -0.4 is 9.62 Å². The second kappa shape index (κ2) is 6.71. The third-order valence-electron chi connectivity index (χ3n) is 2.82. The van der Waals surface area contributed by atoms with Gasteiger partial charge in [-0.25, -0.2) is 8.42 Å². The van der Waals surface area contributed by atoms with Crippen LogP contribution in [-0.2, 0) is 14.8 Å². The first-order valence-electron chi connectivity index (χ1n) is 6.30. The van der Waals surface area contributed by atoms with Crippen LogP contribution in [0.2, 0.25) is 0 Å². The van der Waals surface area contributed by atoms with Crippen LogP contribution in [0.3, 0.4) is 0 Å². The molecule has 112 valence electrons. The van der Waals surface area contributed by atoms with Crippen molar-refractivity contribution in [1.29, 1.82) is 0 Å². The number of anilines is 1. The fourth-order valence-electron chi connectivity index (χ4n) is 1.71. The average molecular weight is 300 g/mol. The van der Waals surface area contributed by atoms with Crippen molar-refractivity contribution in [1.82, 2.24) is 4.72 Å². The van der Waals surface area contributed by atoms with Crippen LogP contribution in [0, 0.1) is 0 Å². The minimum Gasteiger partial charge on any atom is -0.480 e. The third-order valence-corrected chi connectivity index (χ3v) is 4.29. The summed E-state index contributed by atoms with van der Waals surface area (Å²) in [6.07, 6.45) is 0.832. The largest absolute Gasteiger partial charge is 0.480 e. The summed E-state index contributed by atoms with van der Waals surface area (Å²) in [7, 11) is -0.236. The van der Waals surface area contributed by atoms with E-state index in [2.05, 4.69) is 4.72 Å². The van der Waals surface area contributed by atoms with Crippen molar-refractivity contribution in [3.63, 3.8) is 0 Å². The van der Waals surface area contributed by atoms with Gasteiger partial charge in [-0.1, -0.05) is 19.4 Å². The molecule has 0 aliphatic rings. The number of carboxylic acids is 1. The Morgan fingerprint density at radius 3 is 2.55 bits per heavy atom. The first-order chi connectivity index (χ1) is 9.27. The molecule has 0 saturated heterocycles. The maximum Gasteiger partial charge on any atom is 0.321 e. The maximum atomic E-state index is 12.2. The zero-order valence-electron chi connectivity index (χ0n) is 11.8. The van der Waals surface area contributed by atoms with Gasteiger partial charge in [0.15, 0.2) is 0 Å². The molecule has 1 unspecified atom stereocenters. The Kier molecular flexibility index (Phi) is 5.52. The van der Waals surface area contributed by atoms with E-state index in [9.17, 15) is 13.2 Å². The van der Waals surface area contributed by atoms with Gasteiger partial charge in [-0.05, 0) is 24.6 Å². The van der Waals surface area contributed by atoms with E-state index in [0.717, 1.165) is 5.69 Å². The zero-order valence-corrected chi connectivity index (χ0v) is 12.6. The van der Waals surface area contributed by atoms with E-state index in [1.54, 1.807) is 38.1 Å². The molecule has 7 heteroatoms. The van der Waals surface area contributed by atoms with Gasteiger partial charge in [0.1, 0.15) is 6.04 Å². The van der Waals surface area contributed by atoms with Gasteiger partial charge < -0.3 is 10.0 Å². The molecule has 0 amide bonds. The van der Waals surface area contributed by atoms with Crippen LogP contribution in [0.1, 0.15) is 19.8 Å². The highest BCUT2D eigenvalue weighted by molar-refractivity contribution is 7.89. The molecule has 1 rings (SSSR count). The van der Waals surface area contributed by atoms with Crippen LogP contribution in [0.15, 0.2) is 29.2 Å². The summed E-state index contributed by atoms with van der Waals surface area (Å²) in [6, 6.07) is 5.25. The number of hydrogen-bond acceptors (Lipinski definition) is 4. The second-order valence-electron chi connectivity index (χ2n) is 4.69. The number of aliphatic carboxylic acids is 1. The summed E-state index contributed by atoms with van der Waals surface area (Å²) in [4.78, 5) is 12.9. The molecule has 20 heavy (non-hydrogen) atoms. The van der Waals surface area contributed by atoms with Crippen LogP contribution in [-0.4, -0.2) is 39.6 Å². The molecule has 0 spiro atoms. The number of rotatable bonds is 7. The Morgan fingerprint density at radius 2 is 2.05 bits per heavy atom. The number of nitrogens with one attached hydrogen (secondary N) is 1. The smallest absolute Gasteiger partial charge is 0.321 e. The Labute approximate surface area is 119 Å². The van der Waals surface area contributed by atoms with Gasteiger partial charge >= 0.3 is 5.97 Å². The van der Waals surface area contributed by atoms with Crippen LogP contribution in [0.4, 0.5) is 5.69 Å². The standard InChI is InChI=1S/C13H20N2O4S/c1-4-6-12(13(16)17)14-20(18,19)11-8-5-7-10(9-11)15(2)3/h5,7-9,12,14H,4,6H2,1-3H3,(H,16,17). The Morgan fingerprint density at radius 1 is 1.40 bits per heavy atom. The maximum absolute atomic E-state index is 12.2. The average Bonchev–Trinajstić information content (AvgIpc) is 2.38. The molecule has 1 aromatic rings. The molecule has 1 aromatic carbocycles. The molecule has 0 saturated carbocycles. The number of sulfonamides is 1.